The molecular weight excluding hydrogens is 292 g/mol. The molecule has 0 aliphatic heterocycles. The lowest BCUT2D eigenvalue weighted by Gasteiger charge is -2.11. The molecule has 1 aromatic rings. The van der Waals surface area contributed by atoms with Gasteiger partial charge in [-0.05, 0) is 15.9 Å². The van der Waals surface area contributed by atoms with Crippen LogP contribution in [0, 0.1) is 5.95 Å². The maximum atomic E-state index is 12.5. The second-order valence-electron chi connectivity index (χ2n) is 2.49. The second-order valence-corrected chi connectivity index (χ2v) is 3.28. The third kappa shape index (κ3) is 2.61. The second kappa shape index (κ2) is 3.99. The minimum atomic E-state index is -4.91. The fourth-order valence-corrected chi connectivity index (χ4v) is 1.47. The molecule has 0 spiro atoms. The van der Waals surface area contributed by atoms with Crippen molar-refractivity contribution in [2.75, 3.05) is 0 Å². The van der Waals surface area contributed by atoms with E-state index in [9.17, 15) is 26.3 Å². The average molecular weight is 294 g/mol. The Morgan fingerprint density at radius 3 is 2.20 bits per heavy atom. The predicted octanol–water partition coefficient (Wildman–Crippen LogP) is 3.94. The first-order chi connectivity index (χ1) is 6.73. The fourth-order valence-electron chi connectivity index (χ4n) is 0.868. The van der Waals surface area contributed by atoms with Gasteiger partial charge in [0.25, 0.3) is 6.43 Å². The molecule has 0 aliphatic rings. The predicted molar refractivity (Wildman–Crippen MR) is 41.9 cm³/mol. The number of alkyl halides is 5. The van der Waals surface area contributed by atoms with Crippen LogP contribution in [0.2, 0.25) is 0 Å². The van der Waals surface area contributed by atoms with Crippen LogP contribution in [0.5, 0.6) is 0 Å². The first kappa shape index (κ1) is 12.3. The smallest absolute Gasteiger partial charge is 0.218 e. The first-order valence-corrected chi connectivity index (χ1v) is 4.24. The highest BCUT2D eigenvalue weighted by Crippen LogP contribution is 2.38. The summed E-state index contributed by atoms with van der Waals surface area (Å²) in [5.41, 5.74) is -2.77. The molecule has 0 amide bonds. The van der Waals surface area contributed by atoms with E-state index in [1.54, 1.807) is 0 Å². The lowest BCUT2D eigenvalue weighted by molar-refractivity contribution is -0.138. The number of aromatic nitrogens is 1. The van der Waals surface area contributed by atoms with E-state index >= 15 is 0 Å². The van der Waals surface area contributed by atoms with Crippen LogP contribution in [0.1, 0.15) is 17.7 Å². The molecule has 1 heterocycles. The van der Waals surface area contributed by atoms with Crippen LogP contribution in [0.15, 0.2) is 10.5 Å². The van der Waals surface area contributed by atoms with Crippen LogP contribution in [0.4, 0.5) is 26.3 Å². The highest BCUT2D eigenvalue weighted by molar-refractivity contribution is 9.10. The minimum absolute atomic E-state index is 0.0516. The molecule has 0 saturated carbocycles. The summed E-state index contributed by atoms with van der Waals surface area (Å²) in [6, 6.07) is 0.0516. The van der Waals surface area contributed by atoms with Gasteiger partial charge in [-0.15, -0.1) is 0 Å². The van der Waals surface area contributed by atoms with Gasteiger partial charge in [-0.2, -0.15) is 17.6 Å². The number of halogens is 7. The summed E-state index contributed by atoms with van der Waals surface area (Å²) >= 11 is 2.32. The highest BCUT2D eigenvalue weighted by Gasteiger charge is 2.36. The van der Waals surface area contributed by atoms with Gasteiger partial charge >= 0.3 is 6.18 Å². The molecule has 0 atom stereocenters. The largest absolute Gasteiger partial charge is 0.417 e. The zero-order valence-corrected chi connectivity index (χ0v) is 8.33. The van der Waals surface area contributed by atoms with E-state index < -0.39 is 34.3 Å². The number of nitrogens with zero attached hydrogens (tertiary/aromatic N) is 1. The molecule has 1 nitrogen and oxygen atoms in total. The van der Waals surface area contributed by atoms with Crippen molar-refractivity contribution in [3.63, 3.8) is 0 Å². The van der Waals surface area contributed by atoms with Gasteiger partial charge in [0.05, 0.1) is 10.0 Å². The van der Waals surface area contributed by atoms with Gasteiger partial charge in [0.2, 0.25) is 5.95 Å². The van der Waals surface area contributed by atoms with Gasteiger partial charge in [0.1, 0.15) is 5.69 Å². The number of pyridine rings is 1. The summed E-state index contributed by atoms with van der Waals surface area (Å²) < 4.78 is 72.5. The van der Waals surface area contributed by atoms with Gasteiger partial charge in [0, 0.05) is 6.07 Å². The fraction of sp³-hybridized carbons (Fsp3) is 0.286. The molecule has 0 fully saturated rings. The Hall–Kier alpha value is -0.790. The van der Waals surface area contributed by atoms with E-state index in [4.69, 9.17) is 0 Å². The SMILES string of the molecule is Fc1cc(C(F)(F)F)c(Br)c(C(F)F)n1. The quantitative estimate of drug-likeness (QED) is 0.564. The summed E-state index contributed by atoms with van der Waals surface area (Å²) in [6.07, 6.45) is -8.19. The zero-order chi connectivity index (χ0) is 11.8. The normalized spacial score (nSPS) is 12.3. The Morgan fingerprint density at radius 2 is 1.80 bits per heavy atom. The molecule has 84 valence electrons. The van der Waals surface area contributed by atoms with Crippen molar-refractivity contribution < 1.29 is 26.3 Å². The van der Waals surface area contributed by atoms with Crippen molar-refractivity contribution in [3.05, 3.63) is 27.7 Å². The lowest BCUT2D eigenvalue weighted by Crippen LogP contribution is -2.10. The summed E-state index contributed by atoms with van der Waals surface area (Å²) in [6.45, 7) is 0. The van der Waals surface area contributed by atoms with E-state index in [2.05, 4.69) is 20.9 Å². The summed E-state index contributed by atoms with van der Waals surface area (Å²) in [7, 11) is 0. The summed E-state index contributed by atoms with van der Waals surface area (Å²) in [4.78, 5) is 2.68. The molecule has 15 heavy (non-hydrogen) atoms. The van der Waals surface area contributed by atoms with Crippen LogP contribution >= 0.6 is 15.9 Å². The van der Waals surface area contributed by atoms with Crippen LogP contribution in [-0.4, -0.2) is 4.98 Å². The minimum Gasteiger partial charge on any atom is -0.218 e. The van der Waals surface area contributed by atoms with Crippen molar-refractivity contribution in [1.82, 2.24) is 4.98 Å². The van der Waals surface area contributed by atoms with Gasteiger partial charge in [-0.1, -0.05) is 0 Å². The molecule has 1 aromatic heterocycles. The van der Waals surface area contributed by atoms with Crippen molar-refractivity contribution >= 4 is 15.9 Å². The van der Waals surface area contributed by atoms with Gasteiger partial charge in [-0.25, -0.2) is 13.8 Å². The first-order valence-electron chi connectivity index (χ1n) is 3.44. The average Bonchev–Trinajstić information content (AvgIpc) is 2.06. The van der Waals surface area contributed by atoms with E-state index in [-0.39, 0.29) is 6.07 Å². The molecule has 0 radical (unpaired) electrons. The maximum absolute atomic E-state index is 12.5. The van der Waals surface area contributed by atoms with Gasteiger partial charge in [-0.3, -0.25) is 0 Å². The lowest BCUT2D eigenvalue weighted by atomic mass is 10.2. The van der Waals surface area contributed by atoms with Crippen LogP contribution in [0.25, 0.3) is 0 Å². The molecule has 0 aromatic carbocycles. The van der Waals surface area contributed by atoms with Crippen molar-refractivity contribution in [2.24, 2.45) is 0 Å². The molecule has 0 unspecified atom stereocenters. The molecular formula is C7H2BrF6N. The number of rotatable bonds is 1. The topological polar surface area (TPSA) is 12.9 Å². The van der Waals surface area contributed by atoms with Gasteiger partial charge < -0.3 is 0 Å². The molecule has 0 aliphatic carbocycles. The maximum Gasteiger partial charge on any atom is 0.417 e. The Morgan fingerprint density at radius 1 is 1.27 bits per heavy atom. The third-order valence-corrected chi connectivity index (χ3v) is 2.30. The van der Waals surface area contributed by atoms with Crippen molar-refractivity contribution in [3.8, 4) is 0 Å². The van der Waals surface area contributed by atoms with E-state index in [0.717, 1.165) is 0 Å². The molecule has 0 N–H and O–H groups in total. The molecule has 1 rings (SSSR count). The molecule has 8 heteroatoms. The van der Waals surface area contributed by atoms with Crippen LogP contribution in [-0.2, 0) is 6.18 Å². The van der Waals surface area contributed by atoms with Crippen LogP contribution < -0.4 is 0 Å². The zero-order valence-electron chi connectivity index (χ0n) is 6.75. The summed E-state index contributed by atoms with van der Waals surface area (Å²) in [5, 5.41) is 0. The van der Waals surface area contributed by atoms with E-state index in [0.29, 0.717) is 0 Å². The Labute approximate surface area is 88.2 Å². The number of hydrogen-bond acceptors (Lipinski definition) is 1. The third-order valence-electron chi connectivity index (χ3n) is 1.46. The van der Waals surface area contributed by atoms with Gasteiger partial charge in [0.15, 0.2) is 0 Å². The van der Waals surface area contributed by atoms with E-state index in [1.807, 2.05) is 0 Å². The standard InChI is InChI=1S/C7H2BrF6N/c8-4-2(7(12,13)14)1-3(9)15-5(4)6(10)11/h1,6H. The Kier molecular flexibility index (Phi) is 3.27. The van der Waals surface area contributed by atoms with E-state index in [1.165, 1.54) is 0 Å². The monoisotopic (exact) mass is 293 g/mol. The van der Waals surface area contributed by atoms with Crippen LogP contribution in [0.3, 0.4) is 0 Å². The Bertz CT molecular complexity index is 374. The summed E-state index contributed by atoms with van der Waals surface area (Å²) in [5.74, 6) is -1.60. The van der Waals surface area contributed by atoms with Crippen molar-refractivity contribution in [2.45, 2.75) is 12.6 Å². The number of hydrogen-bond donors (Lipinski definition) is 0. The highest BCUT2D eigenvalue weighted by atomic mass is 79.9. The molecule has 0 bridgehead atoms. The van der Waals surface area contributed by atoms with Crippen molar-refractivity contribution in [1.29, 1.82) is 0 Å². The molecule has 0 saturated heterocycles. The Balaban J connectivity index is 3.42.